The number of ether oxygens (including phenoxy) is 1. The summed E-state index contributed by atoms with van der Waals surface area (Å²) in [6, 6.07) is -0.738. The van der Waals surface area contributed by atoms with Crippen molar-refractivity contribution in [1.29, 1.82) is 0 Å². The number of rotatable bonds is 44. The van der Waals surface area contributed by atoms with Gasteiger partial charge in [0.2, 0.25) is 5.91 Å². The van der Waals surface area contributed by atoms with E-state index in [1.807, 2.05) is 12.2 Å². The number of hydrogen-bond acceptors (Lipinski definition) is 5. The van der Waals surface area contributed by atoms with Crippen LogP contribution in [0, 0.1) is 0 Å². The second-order valence-corrected chi connectivity index (χ2v) is 16.9. The molecule has 0 aromatic heterocycles. The first kappa shape index (κ1) is 58.0. The zero-order chi connectivity index (χ0) is 44.5. The summed E-state index contributed by atoms with van der Waals surface area (Å²) in [5.74, 6) is -0.603. The van der Waals surface area contributed by atoms with Gasteiger partial charge in [-0.1, -0.05) is 221 Å². The minimum absolute atomic E-state index is 0.0108. The standard InChI is InChI=1S/C55H95NO5/c1-4-7-10-13-16-19-21-23-25-26-27-29-31-33-36-39-42-45-48-55(60)61-51(46-43-40-37-35-32-30-28-24-22-20-17-14-11-8-5-2)49-54(59)56-52(50-57)53(58)47-44-41-38-34-18-15-12-9-6-3/h8,11,17,20,24-29,32,35,40,43,51-53,57-58H,4-7,9-10,12-16,18-19,21-23,30-31,33-34,36-39,41-42,44-50H2,1-3H3,(H,56,59)/b11-8-,20-17-,26-25+,28-24-,29-27+,35-32-,43-40-. The van der Waals surface area contributed by atoms with E-state index in [0.29, 0.717) is 19.3 Å². The zero-order valence-electron chi connectivity index (χ0n) is 39.8. The fraction of sp³-hybridized carbons (Fsp3) is 0.709. The molecule has 0 bridgehead atoms. The molecular weight excluding hydrogens is 755 g/mol. The second kappa shape index (κ2) is 48.1. The summed E-state index contributed by atoms with van der Waals surface area (Å²) in [4.78, 5) is 26.1. The van der Waals surface area contributed by atoms with Gasteiger partial charge >= 0.3 is 5.97 Å². The van der Waals surface area contributed by atoms with E-state index in [0.717, 1.165) is 89.9 Å². The minimum atomic E-state index is -0.817. The number of allylic oxidation sites excluding steroid dienone is 13. The Hall–Kier alpha value is -2.96. The third-order valence-corrected chi connectivity index (χ3v) is 11.0. The third kappa shape index (κ3) is 43.5. The summed E-state index contributed by atoms with van der Waals surface area (Å²) in [6.07, 6.45) is 62.4. The zero-order valence-corrected chi connectivity index (χ0v) is 39.8. The van der Waals surface area contributed by atoms with Crippen molar-refractivity contribution >= 4 is 11.9 Å². The predicted molar refractivity (Wildman–Crippen MR) is 264 cm³/mol. The molecule has 0 aliphatic heterocycles. The molecule has 0 radical (unpaired) electrons. The van der Waals surface area contributed by atoms with Gasteiger partial charge in [0.05, 0.1) is 25.2 Å². The van der Waals surface area contributed by atoms with Crippen molar-refractivity contribution < 1.29 is 24.5 Å². The average Bonchev–Trinajstić information content (AvgIpc) is 3.25. The van der Waals surface area contributed by atoms with E-state index >= 15 is 0 Å². The van der Waals surface area contributed by atoms with Crippen LogP contribution in [0.5, 0.6) is 0 Å². The number of amides is 1. The Bertz CT molecular complexity index is 1180. The molecule has 0 rings (SSSR count). The van der Waals surface area contributed by atoms with Gasteiger partial charge in [-0.2, -0.15) is 0 Å². The Morgan fingerprint density at radius 1 is 0.525 bits per heavy atom. The molecule has 0 aliphatic rings. The summed E-state index contributed by atoms with van der Waals surface area (Å²) < 4.78 is 5.85. The molecule has 6 heteroatoms. The van der Waals surface area contributed by atoms with Crippen LogP contribution in [0.4, 0.5) is 0 Å². The van der Waals surface area contributed by atoms with Gasteiger partial charge in [-0.05, 0) is 70.6 Å². The number of unbranched alkanes of at least 4 members (excludes halogenated alkanes) is 20. The monoisotopic (exact) mass is 850 g/mol. The maximum Gasteiger partial charge on any atom is 0.306 e. The first-order valence-electron chi connectivity index (χ1n) is 25.3. The molecule has 3 N–H and O–H groups in total. The molecule has 3 atom stereocenters. The molecular formula is C55H95NO5. The van der Waals surface area contributed by atoms with Gasteiger partial charge in [-0.25, -0.2) is 0 Å². The van der Waals surface area contributed by atoms with Gasteiger partial charge in [0, 0.05) is 12.8 Å². The molecule has 0 fully saturated rings. The number of esters is 1. The number of aliphatic hydroxyl groups excluding tert-OH is 2. The van der Waals surface area contributed by atoms with E-state index in [2.05, 4.69) is 99.0 Å². The van der Waals surface area contributed by atoms with E-state index in [4.69, 9.17) is 4.74 Å². The summed E-state index contributed by atoms with van der Waals surface area (Å²) >= 11 is 0. The van der Waals surface area contributed by atoms with Gasteiger partial charge in [0.1, 0.15) is 6.10 Å². The summed E-state index contributed by atoms with van der Waals surface area (Å²) in [7, 11) is 0. The number of hydrogen-bond donors (Lipinski definition) is 3. The van der Waals surface area contributed by atoms with Crippen LogP contribution < -0.4 is 5.32 Å². The summed E-state index contributed by atoms with van der Waals surface area (Å²) in [6.45, 7) is 6.30. The minimum Gasteiger partial charge on any atom is -0.461 e. The highest BCUT2D eigenvalue weighted by atomic mass is 16.5. The van der Waals surface area contributed by atoms with Crippen molar-refractivity contribution in [3.05, 3.63) is 85.1 Å². The highest BCUT2D eigenvalue weighted by Crippen LogP contribution is 2.15. The first-order valence-corrected chi connectivity index (χ1v) is 25.3. The van der Waals surface area contributed by atoms with Crippen LogP contribution in [-0.4, -0.2) is 46.9 Å². The maximum atomic E-state index is 13.1. The normalized spacial score (nSPS) is 14.0. The van der Waals surface area contributed by atoms with E-state index < -0.39 is 18.2 Å². The highest BCUT2D eigenvalue weighted by Gasteiger charge is 2.23. The van der Waals surface area contributed by atoms with Gasteiger partial charge in [-0.3, -0.25) is 9.59 Å². The number of carbonyl (C=O) groups is 2. The Labute approximate surface area is 376 Å². The topological polar surface area (TPSA) is 95.9 Å². The molecule has 0 heterocycles. The van der Waals surface area contributed by atoms with Gasteiger partial charge in [-0.15, -0.1) is 0 Å². The van der Waals surface area contributed by atoms with Crippen molar-refractivity contribution in [2.24, 2.45) is 0 Å². The molecule has 0 aromatic carbocycles. The van der Waals surface area contributed by atoms with Gasteiger partial charge in [0.25, 0.3) is 0 Å². The molecule has 0 spiro atoms. The lowest BCUT2D eigenvalue weighted by atomic mass is 10.0. The van der Waals surface area contributed by atoms with E-state index in [9.17, 15) is 19.8 Å². The smallest absolute Gasteiger partial charge is 0.306 e. The Morgan fingerprint density at radius 3 is 1.43 bits per heavy atom. The number of nitrogens with one attached hydrogen (secondary N) is 1. The summed E-state index contributed by atoms with van der Waals surface area (Å²) in [5, 5.41) is 23.6. The van der Waals surface area contributed by atoms with E-state index in [1.54, 1.807) is 0 Å². The molecule has 0 saturated carbocycles. The summed E-state index contributed by atoms with van der Waals surface area (Å²) in [5.41, 5.74) is 0. The maximum absolute atomic E-state index is 13.1. The van der Waals surface area contributed by atoms with Crippen molar-refractivity contribution in [3.63, 3.8) is 0 Å². The lowest BCUT2D eigenvalue weighted by molar-refractivity contribution is -0.150. The Kier molecular flexibility index (Phi) is 45.7. The van der Waals surface area contributed by atoms with Crippen LogP contribution in [0.15, 0.2) is 85.1 Å². The van der Waals surface area contributed by atoms with Gasteiger partial charge < -0.3 is 20.3 Å². The van der Waals surface area contributed by atoms with Gasteiger partial charge in [0.15, 0.2) is 0 Å². The molecule has 61 heavy (non-hydrogen) atoms. The third-order valence-electron chi connectivity index (χ3n) is 11.0. The highest BCUT2D eigenvalue weighted by molar-refractivity contribution is 5.77. The molecule has 0 aliphatic carbocycles. The SMILES string of the molecule is CC/C=C\C/C=C\C/C=C\C/C=C\C/C=C\CC(CC(=O)NC(CO)C(O)CCCCCCCCCCC)OC(=O)CCCCCCC/C=C/C=C/CCCCCCCCC. The van der Waals surface area contributed by atoms with Crippen molar-refractivity contribution in [3.8, 4) is 0 Å². The number of carbonyl (C=O) groups excluding carboxylic acids is 2. The fourth-order valence-electron chi connectivity index (χ4n) is 7.15. The second-order valence-electron chi connectivity index (χ2n) is 16.9. The lowest BCUT2D eigenvalue weighted by Crippen LogP contribution is -2.46. The predicted octanol–water partition coefficient (Wildman–Crippen LogP) is 15.2. The van der Waals surface area contributed by atoms with Crippen LogP contribution in [0.1, 0.15) is 226 Å². The van der Waals surface area contributed by atoms with Crippen LogP contribution in [0.3, 0.4) is 0 Å². The molecule has 0 aromatic rings. The largest absolute Gasteiger partial charge is 0.461 e. The Morgan fingerprint density at radius 2 is 0.951 bits per heavy atom. The van der Waals surface area contributed by atoms with Crippen LogP contribution in [0.2, 0.25) is 0 Å². The van der Waals surface area contributed by atoms with Crippen LogP contribution in [0.25, 0.3) is 0 Å². The number of aliphatic hydroxyl groups is 2. The lowest BCUT2D eigenvalue weighted by Gasteiger charge is -2.24. The molecule has 0 saturated heterocycles. The molecule has 3 unspecified atom stereocenters. The van der Waals surface area contributed by atoms with E-state index in [1.165, 1.54) is 89.9 Å². The quantitative estimate of drug-likeness (QED) is 0.0246. The van der Waals surface area contributed by atoms with Crippen molar-refractivity contribution in [2.75, 3.05) is 6.61 Å². The van der Waals surface area contributed by atoms with Crippen LogP contribution >= 0.6 is 0 Å². The van der Waals surface area contributed by atoms with Crippen molar-refractivity contribution in [1.82, 2.24) is 5.32 Å². The van der Waals surface area contributed by atoms with Crippen molar-refractivity contribution in [2.45, 2.75) is 244 Å². The average molecular weight is 850 g/mol. The first-order chi connectivity index (χ1) is 30.0. The molecule has 6 nitrogen and oxygen atoms in total. The molecule has 1 amide bonds. The Balaban J connectivity index is 4.74. The molecule has 350 valence electrons. The van der Waals surface area contributed by atoms with Crippen LogP contribution in [-0.2, 0) is 14.3 Å². The fourth-order valence-corrected chi connectivity index (χ4v) is 7.15. The van der Waals surface area contributed by atoms with E-state index in [-0.39, 0.29) is 24.9 Å².